The molecule has 4 rings (SSSR count). The SMILES string of the molecule is COc1cccc2c1-c1noc(C)c1C(O)(c1ccccc1)C2=O. The topological polar surface area (TPSA) is 72.6 Å². The van der Waals surface area contributed by atoms with Crippen molar-refractivity contribution in [3.8, 4) is 17.0 Å². The molecule has 24 heavy (non-hydrogen) atoms. The van der Waals surface area contributed by atoms with Gasteiger partial charge in [-0.05, 0) is 18.6 Å². The average molecular weight is 321 g/mol. The lowest BCUT2D eigenvalue weighted by Gasteiger charge is -2.32. The third-order valence-electron chi connectivity index (χ3n) is 4.47. The van der Waals surface area contributed by atoms with E-state index in [0.717, 1.165) is 0 Å². The maximum Gasteiger partial charge on any atom is 0.204 e. The maximum absolute atomic E-state index is 13.2. The lowest BCUT2D eigenvalue weighted by atomic mass is 9.73. The molecule has 1 heterocycles. The van der Waals surface area contributed by atoms with E-state index in [1.54, 1.807) is 49.4 Å². The number of Topliss-reactive ketones (excluding diaryl/α,β-unsaturated/α-hetero) is 1. The van der Waals surface area contributed by atoms with Crippen LogP contribution in [0.1, 0.15) is 27.2 Å². The van der Waals surface area contributed by atoms with Gasteiger partial charge in [0.15, 0.2) is 5.60 Å². The Balaban J connectivity index is 2.10. The molecular formula is C19H15NO4. The minimum atomic E-state index is -1.83. The van der Waals surface area contributed by atoms with Crippen LogP contribution in [0.2, 0.25) is 0 Å². The summed E-state index contributed by atoms with van der Waals surface area (Å²) in [5.41, 5.74) is 0.372. The van der Waals surface area contributed by atoms with Gasteiger partial charge < -0.3 is 14.4 Å². The molecule has 1 unspecified atom stereocenters. The monoisotopic (exact) mass is 321 g/mol. The normalized spacial score (nSPS) is 18.9. The van der Waals surface area contributed by atoms with Crippen molar-refractivity contribution in [2.75, 3.05) is 7.11 Å². The van der Waals surface area contributed by atoms with Crippen molar-refractivity contribution in [1.82, 2.24) is 5.16 Å². The Bertz CT molecular complexity index is 945. The zero-order valence-corrected chi connectivity index (χ0v) is 13.2. The molecule has 0 aliphatic heterocycles. The van der Waals surface area contributed by atoms with Crippen LogP contribution in [-0.4, -0.2) is 23.2 Å². The van der Waals surface area contributed by atoms with Crippen molar-refractivity contribution < 1.29 is 19.2 Å². The number of benzene rings is 2. The van der Waals surface area contributed by atoms with E-state index in [1.165, 1.54) is 7.11 Å². The zero-order chi connectivity index (χ0) is 16.9. The summed E-state index contributed by atoms with van der Waals surface area (Å²) in [6.07, 6.45) is 0. The number of aryl methyl sites for hydroxylation is 1. The molecule has 0 saturated heterocycles. The fourth-order valence-corrected chi connectivity index (χ4v) is 3.37. The molecule has 0 saturated carbocycles. The van der Waals surface area contributed by atoms with E-state index in [9.17, 15) is 9.90 Å². The van der Waals surface area contributed by atoms with Gasteiger partial charge in [0, 0.05) is 5.56 Å². The average Bonchev–Trinajstić information content (AvgIpc) is 3.02. The van der Waals surface area contributed by atoms with Gasteiger partial charge in [0.1, 0.15) is 17.2 Å². The van der Waals surface area contributed by atoms with E-state index in [1.807, 2.05) is 6.07 Å². The second kappa shape index (κ2) is 5.04. The van der Waals surface area contributed by atoms with Crippen molar-refractivity contribution in [2.24, 2.45) is 0 Å². The summed E-state index contributed by atoms with van der Waals surface area (Å²) in [4.78, 5) is 13.2. The van der Waals surface area contributed by atoms with Gasteiger partial charge in [-0.1, -0.05) is 47.6 Å². The predicted molar refractivity (Wildman–Crippen MR) is 87.0 cm³/mol. The standard InChI is InChI=1S/C19H15NO4/c1-11-16-17(20-24-11)15-13(9-6-10-14(15)23-2)18(21)19(16,22)12-7-4-3-5-8-12/h3-10,22H,1-2H3. The Kier molecular flexibility index (Phi) is 3.08. The summed E-state index contributed by atoms with van der Waals surface area (Å²) >= 11 is 0. The summed E-state index contributed by atoms with van der Waals surface area (Å²) < 4.78 is 10.7. The number of rotatable bonds is 2. The van der Waals surface area contributed by atoms with Gasteiger partial charge in [0.2, 0.25) is 5.78 Å². The first-order valence-electron chi connectivity index (χ1n) is 7.56. The fourth-order valence-electron chi connectivity index (χ4n) is 3.37. The Morgan fingerprint density at radius 3 is 2.58 bits per heavy atom. The molecular weight excluding hydrogens is 306 g/mol. The van der Waals surface area contributed by atoms with Crippen LogP contribution < -0.4 is 4.74 Å². The van der Waals surface area contributed by atoms with Crippen molar-refractivity contribution in [2.45, 2.75) is 12.5 Å². The van der Waals surface area contributed by atoms with Gasteiger partial charge in [-0.2, -0.15) is 0 Å². The lowest BCUT2D eigenvalue weighted by Crippen LogP contribution is -2.40. The summed E-state index contributed by atoms with van der Waals surface area (Å²) in [5, 5.41) is 15.5. The van der Waals surface area contributed by atoms with E-state index in [2.05, 4.69) is 5.16 Å². The number of aliphatic hydroxyl groups is 1. The maximum atomic E-state index is 13.2. The quantitative estimate of drug-likeness (QED) is 0.785. The third-order valence-corrected chi connectivity index (χ3v) is 4.47. The van der Waals surface area contributed by atoms with E-state index in [-0.39, 0.29) is 0 Å². The fraction of sp³-hybridized carbons (Fsp3) is 0.158. The summed E-state index contributed by atoms with van der Waals surface area (Å²) in [6.45, 7) is 1.69. The Labute approximate surface area is 138 Å². The van der Waals surface area contributed by atoms with Crippen LogP contribution in [0.3, 0.4) is 0 Å². The second-order valence-electron chi connectivity index (χ2n) is 5.75. The van der Waals surface area contributed by atoms with Crippen LogP contribution in [0.15, 0.2) is 53.1 Å². The first-order chi connectivity index (χ1) is 11.6. The number of ketones is 1. The van der Waals surface area contributed by atoms with Crippen LogP contribution in [0, 0.1) is 6.92 Å². The molecule has 5 heteroatoms. The van der Waals surface area contributed by atoms with Gasteiger partial charge in [-0.3, -0.25) is 4.79 Å². The van der Waals surface area contributed by atoms with Gasteiger partial charge >= 0.3 is 0 Å². The zero-order valence-electron chi connectivity index (χ0n) is 13.2. The number of fused-ring (bicyclic) bond motifs is 3. The molecule has 1 aliphatic carbocycles. The van der Waals surface area contributed by atoms with Gasteiger partial charge in [-0.25, -0.2) is 0 Å². The first kappa shape index (κ1) is 14.7. The summed E-state index contributed by atoms with van der Waals surface area (Å²) in [6, 6.07) is 14.0. The van der Waals surface area contributed by atoms with Crippen molar-refractivity contribution in [1.29, 1.82) is 0 Å². The van der Waals surface area contributed by atoms with E-state index in [4.69, 9.17) is 9.26 Å². The minimum absolute atomic E-state index is 0.363. The number of carbonyl (C=O) groups excluding carboxylic acids is 1. The molecule has 2 aromatic carbocycles. The van der Waals surface area contributed by atoms with Gasteiger partial charge in [0.05, 0.1) is 18.2 Å². The summed E-state index contributed by atoms with van der Waals surface area (Å²) in [5.74, 6) is 0.508. The highest BCUT2D eigenvalue weighted by molar-refractivity contribution is 6.14. The largest absolute Gasteiger partial charge is 0.496 e. The molecule has 1 atom stereocenters. The number of ether oxygens (including phenoxy) is 1. The Hall–Kier alpha value is -2.92. The van der Waals surface area contributed by atoms with Crippen LogP contribution in [0.4, 0.5) is 0 Å². The third kappa shape index (κ3) is 1.73. The molecule has 0 radical (unpaired) electrons. The number of hydrogen-bond acceptors (Lipinski definition) is 5. The molecule has 1 N–H and O–H groups in total. The van der Waals surface area contributed by atoms with Gasteiger partial charge in [0.25, 0.3) is 0 Å². The van der Waals surface area contributed by atoms with Crippen LogP contribution in [0.25, 0.3) is 11.3 Å². The molecule has 1 aliphatic rings. The van der Waals surface area contributed by atoms with E-state index in [0.29, 0.717) is 39.5 Å². The molecule has 0 spiro atoms. The van der Waals surface area contributed by atoms with Crippen LogP contribution >= 0.6 is 0 Å². The van der Waals surface area contributed by atoms with Crippen molar-refractivity contribution in [3.05, 3.63) is 71.0 Å². The lowest BCUT2D eigenvalue weighted by molar-refractivity contribution is 0.0477. The number of aromatic nitrogens is 1. The highest BCUT2D eigenvalue weighted by atomic mass is 16.5. The highest BCUT2D eigenvalue weighted by Gasteiger charge is 2.50. The summed E-state index contributed by atoms with van der Waals surface area (Å²) in [7, 11) is 1.53. The van der Waals surface area contributed by atoms with Gasteiger partial charge in [-0.15, -0.1) is 0 Å². The van der Waals surface area contributed by atoms with Crippen molar-refractivity contribution >= 4 is 5.78 Å². The molecule has 1 aromatic heterocycles. The first-order valence-corrected chi connectivity index (χ1v) is 7.56. The molecule has 0 bridgehead atoms. The number of carbonyl (C=O) groups is 1. The Morgan fingerprint density at radius 1 is 1.12 bits per heavy atom. The van der Waals surface area contributed by atoms with E-state index >= 15 is 0 Å². The number of methoxy groups -OCH3 is 1. The smallest absolute Gasteiger partial charge is 0.204 e. The van der Waals surface area contributed by atoms with Crippen LogP contribution in [-0.2, 0) is 5.60 Å². The highest BCUT2D eigenvalue weighted by Crippen LogP contribution is 2.49. The predicted octanol–water partition coefficient (Wildman–Crippen LogP) is 3.09. The second-order valence-corrected chi connectivity index (χ2v) is 5.75. The number of hydrogen-bond donors (Lipinski definition) is 1. The molecule has 0 amide bonds. The molecule has 120 valence electrons. The minimum Gasteiger partial charge on any atom is -0.496 e. The van der Waals surface area contributed by atoms with E-state index < -0.39 is 11.4 Å². The molecule has 5 nitrogen and oxygen atoms in total. The Morgan fingerprint density at radius 2 is 1.88 bits per heavy atom. The van der Waals surface area contributed by atoms with Crippen molar-refractivity contribution in [3.63, 3.8) is 0 Å². The van der Waals surface area contributed by atoms with Crippen LogP contribution in [0.5, 0.6) is 5.75 Å². The molecule has 3 aromatic rings. The number of nitrogens with zero attached hydrogens (tertiary/aromatic N) is 1. The molecule has 0 fully saturated rings.